The molecule has 0 amide bonds. The number of rotatable bonds is 5. The minimum absolute atomic E-state index is 0.0120. The van der Waals surface area contributed by atoms with Crippen molar-refractivity contribution < 1.29 is 13.2 Å². The molecule has 1 aromatic rings. The highest BCUT2D eigenvalue weighted by molar-refractivity contribution is 8.13. The van der Waals surface area contributed by atoms with Crippen molar-refractivity contribution in [1.82, 2.24) is 0 Å². The topological polar surface area (TPSA) is 43.4 Å². The van der Waals surface area contributed by atoms with Crippen molar-refractivity contribution in [2.24, 2.45) is 5.92 Å². The van der Waals surface area contributed by atoms with Gasteiger partial charge in [-0.15, -0.1) is 0 Å². The summed E-state index contributed by atoms with van der Waals surface area (Å²) < 4.78 is 27.6. The molecule has 0 saturated carbocycles. The first-order chi connectivity index (χ1) is 7.84. The second kappa shape index (κ2) is 5.85. The standard InChI is InChI=1S/C12H17ClO3S/c1-9(2)8-12(16-3)10-4-6-11(7-5-10)17(13,14)15/h4-7,9,12H,8H2,1-3H3. The Hall–Kier alpha value is -0.580. The van der Waals surface area contributed by atoms with Crippen LogP contribution in [0.1, 0.15) is 31.9 Å². The molecule has 0 saturated heterocycles. The Morgan fingerprint density at radius 3 is 2.12 bits per heavy atom. The Bertz CT molecular complexity index is 451. The van der Waals surface area contributed by atoms with E-state index in [-0.39, 0.29) is 11.0 Å². The van der Waals surface area contributed by atoms with E-state index in [4.69, 9.17) is 15.4 Å². The lowest BCUT2D eigenvalue weighted by molar-refractivity contribution is 0.0845. The van der Waals surface area contributed by atoms with E-state index in [0.29, 0.717) is 5.92 Å². The molecule has 0 radical (unpaired) electrons. The Balaban J connectivity index is 2.93. The van der Waals surface area contributed by atoms with E-state index in [9.17, 15) is 8.42 Å². The summed E-state index contributed by atoms with van der Waals surface area (Å²) in [6.45, 7) is 4.23. The van der Waals surface area contributed by atoms with Gasteiger partial charge in [-0.05, 0) is 30.0 Å². The van der Waals surface area contributed by atoms with Crippen molar-refractivity contribution in [1.29, 1.82) is 0 Å². The van der Waals surface area contributed by atoms with E-state index < -0.39 is 9.05 Å². The summed E-state index contributed by atoms with van der Waals surface area (Å²) in [4.78, 5) is 0.113. The molecule has 0 aliphatic rings. The minimum atomic E-state index is -3.64. The van der Waals surface area contributed by atoms with Crippen molar-refractivity contribution in [3.63, 3.8) is 0 Å². The molecule has 0 aliphatic carbocycles. The minimum Gasteiger partial charge on any atom is -0.377 e. The SMILES string of the molecule is COC(CC(C)C)c1ccc(S(=O)(=O)Cl)cc1. The molecular weight excluding hydrogens is 260 g/mol. The lowest BCUT2D eigenvalue weighted by Crippen LogP contribution is -2.05. The van der Waals surface area contributed by atoms with Gasteiger partial charge in [0.2, 0.25) is 0 Å². The van der Waals surface area contributed by atoms with E-state index >= 15 is 0 Å². The third kappa shape index (κ3) is 4.30. The van der Waals surface area contributed by atoms with E-state index in [1.165, 1.54) is 12.1 Å². The summed E-state index contributed by atoms with van der Waals surface area (Å²) in [7, 11) is 3.26. The third-order valence-electron chi connectivity index (χ3n) is 2.50. The highest BCUT2D eigenvalue weighted by atomic mass is 35.7. The fourth-order valence-corrected chi connectivity index (χ4v) is 2.41. The quantitative estimate of drug-likeness (QED) is 0.775. The third-order valence-corrected chi connectivity index (χ3v) is 3.87. The summed E-state index contributed by atoms with van der Waals surface area (Å²) in [5.41, 5.74) is 0.963. The Labute approximate surface area is 107 Å². The highest BCUT2D eigenvalue weighted by Crippen LogP contribution is 2.26. The molecule has 0 aromatic heterocycles. The van der Waals surface area contributed by atoms with Crippen molar-refractivity contribution in [2.75, 3.05) is 7.11 Å². The van der Waals surface area contributed by atoms with Crippen LogP contribution in [0.2, 0.25) is 0 Å². The molecule has 1 unspecified atom stereocenters. The van der Waals surface area contributed by atoms with Gasteiger partial charge in [0.1, 0.15) is 0 Å². The molecule has 0 heterocycles. The van der Waals surface area contributed by atoms with Gasteiger partial charge < -0.3 is 4.74 Å². The van der Waals surface area contributed by atoms with Gasteiger partial charge in [-0.1, -0.05) is 26.0 Å². The van der Waals surface area contributed by atoms with E-state index in [0.717, 1.165) is 12.0 Å². The van der Waals surface area contributed by atoms with Crippen LogP contribution in [0.15, 0.2) is 29.2 Å². The first-order valence-electron chi connectivity index (χ1n) is 5.42. The molecule has 5 heteroatoms. The molecule has 3 nitrogen and oxygen atoms in total. The summed E-state index contributed by atoms with van der Waals surface area (Å²) in [5.74, 6) is 0.511. The predicted molar refractivity (Wildman–Crippen MR) is 68.7 cm³/mol. The largest absolute Gasteiger partial charge is 0.377 e. The molecule has 1 rings (SSSR count). The summed E-state index contributed by atoms with van der Waals surface area (Å²) in [5, 5.41) is 0. The Morgan fingerprint density at radius 1 is 1.24 bits per heavy atom. The molecule has 1 aromatic carbocycles. The number of methoxy groups -OCH3 is 1. The van der Waals surface area contributed by atoms with Gasteiger partial charge in [0, 0.05) is 17.8 Å². The van der Waals surface area contributed by atoms with Crippen molar-refractivity contribution in [2.45, 2.75) is 31.3 Å². The van der Waals surface area contributed by atoms with Crippen LogP contribution in [0, 0.1) is 5.92 Å². The maximum atomic E-state index is 11.1. The van der Waals surface area contributed by atoms with Crippen molar-refractivity contribution in [3.05, 3.63) is 29.8 Å². The number of hydrogen-bond donors (Lipinski definition) is 0. The van der Waals surface area contributed by atoms with Crippen LogP contribution in [0.3, 0.4) is 0 Å². The van der Waals surface area contributed by atoms with Crippen LogP contribution in [-0.2, 0) is 13.8 Å². The van der Waals surface area contributed by atoms with Crippen LogP contribution in [-0.4, -0.2) is 15.5 Å². The molecule has 1 atom stereocenters. The second-order valence-corrected chi connectivity index (χ2v) is 6.93. The highest BCUT2D eigenvalue weighted by Gasteiger charge is 2.14. The average Bonchev–Trinajstić information content (AvgIpc) is 2.24. The summed E-state index contributed by atoms with van der Waals surface area (Å²) in [6.07, 6.45) is 0.880. The molecule has 0 bridgehead atoms. The van der Waals surface area contributed by atoms with Gasteiger partial charge in [0.05, 0.1) is 11.0 Å². The molecular formula is C12H17ClO3S. The molecule has 17 heavy (non-hydrogen) atoms. The van der Waals surface area contributed by atoms with Gasteiger partial charge in [-0.25, -0.2) is 8.42 Å². The Morgan fingerprint density at radius 2 is 1.76 bits per heavy atom. The van der Waals surface area contributed by atoms with Gasteiger partial charge in [-0.2, -0.15) is 0 Å². The maximum absolute atomic E-state index is 11.1. The number of hydrogen-bond acceptors (Lipinski definition) is 3. The number of halogens is 1. The van der Waals surface area contributed by atoms with E-state index in [2.05, 4.69) is 13.8 Å². The van der Waals surface area contributed by atoms with Gasteiger partial charge in [-0.3, -0.25) is 0 Å². The molecule has 0 spiro atoms. The monoisotopic (exact) mass is 276 g/mol. The summed E-state index contributed by atoms with van der Waals surface area (Å²) >= 11 is 0. The summed E-state index contributed by atoms with van der Waals surface area (Å²) in [6, 6.07) is 6.49. The fraction of sp³-hybridized carbons (Fsp3) is 0.500. The Kier molecular flexibility index (Phi) is 4.98. The van der Waals surface area contributed by atoms with Crippen LogP contribution in [0.5, 0.6) is 0 Å². The molecule has 0 N–H and O–H groups in total. The van der Waals surface area contributed by atoms with Gasteiger partial charge in [0.25, 0.3) is 9.05 Å². The molecule has 0 fully saturated rings. The second-order valence-electron chi connectivity index (χ2n) is 4.36. The van der Waals surface area contributed by atoms with Crippen LogP contribution in [0.4, 0.5) is 0 Å². The maximum Gasteiger partial charge on any atom is 0.261 e. The zero-order valence-corrected chi connectivity index (χ0v) is 11.8. The van der Waals surface area contributed by atoms with Gasteiger partial charge in [0.15, 0.2) is 0 Å². The van der Waals surface area contributed by atoms with Crippen LogP contribution < -0.4 is 0 Å². The van der Waals surface area contributed by atoms with Crippen LogP contribution in [0.25, 0.3) is 0 Å². The lowest BCUT2D eigenvalue weighted by atomic mass is 9.99. The first-order valence-corrected chi connectivity index (χ1v) is 7.73. The van der Waals surface area contributed by atoms with E-state index in [1.807, 2.05) is 0 Å². The normalized spacial score (nSPS) is 13.9. The number of ether oxygens (including phenoxy) is 1. The predicted octanol–water partition coefficient (Wildman–Crippen LogP) is 3.35. The smallest absolute Gasteiger partial charge is 0.261 e. The van der Waals surface area contributed by atoms with Crippen molar-refractivity contribution >= 4 is 19.7 Å². The van der Waals surface area contributed by atoms with E-state index in [1.54, 1.807) is 19.2 Å². The number of benzene rings is 1. The fourth-order valence-electron chi connectivity index (χ4n) is 1.64. The zero-order chi connectivity index (χ0) is 13.1. The molecule has 96 valence electrons. The average molecular weight is 277 g/mol. The zero-order valence-electron chi connectivity index (χ0n) is 10.2. The molecule has 0 aliphatic heterocycles. The van der Waals surface area contributed by atoms with Crippen LogP contribution >= 0.6 is 10.7 Å². The van der Waals surface area contributed by atoms with Crippen molar-refractivity contribution in [3.8, 4) is 0 Å². The lowest BCUT2D eigenvalue weighted by Gasteiger charge is -2.17. The van der Waals surface area contributed by atoms with Gasteiger partial charge >= 0.3 is 0 Å². The first kappa shape index (κ1) is 14.5.